The van der Waals surface area contributed by atoms with Gasteiger partial charge in [0.1, 0.15) is 0 Å². The van der Waals surface area contributed by atoms with Crippen LogP contribution in [0.25, 0.3) is 0 Å². The molecular weight excluding hydrogens is 324 g/mol. The van der Waals surface area contributed by atoms with Gasteiger partial charge in [-0.1, -0.05) is 6.92 Å². The highest BCUT2D eigenvalue weighted by Gasteiger charge is 2.18. The number of hydrogen-bond acceptors (Lipinski definition) is 5. The van der Waals surface area contributed by atoms with Crippen molar-refractivity contribution in [2.45, 2.75) is 53.1 Å². The van der Waals surface area contributed by atoms with E-state index in [0.717, 1.165) is 56.7 Å². The number of piperidine rings is 1. The Morgan fingerprint density at radius 1 is 1.23 bits per heavy atom. The van der Waals surface area contributed by atoms with Gasteiger partial charge in [0.05, 0.1) is 5.69 Å². The smallest absolute Gasteiger partial charge is 0.225 e. The van der Waals surface area contributed by atoms with E-state index >= 15 is 0 Å². The Morgan fingerprint density at radius 2 is 2.00 bits per heavy atom. The molecule has 0 spiro atoms. The largest absolute Gasteiger partial charge is 0.341 e. The summed E-state index contributed by atoms with van der Waals surface area (Å²) in [5.74, 6) is 1.62. The van der Waals surface area contributed by atoms with E-state index in [4.69, 9.17) is 0 Å². The van der Waals surface area contributed by atoms with Crippen molar-refractivity contribution >= 4 is 5.95 Å². The second-order valence-corrected chi connectivity index (χ2v) is 7.83. The van der Waals surface area contributed by atoms with Crippen molar-refractivity contribution in [1.29, 1.82) is 0 Å². The van der Waals surface area contributed by atoms with Gasteiger partial charge in [-0.25, -0.2) is 9.97 Å². The molecule has 1 saturated heterocycles. The van der Waals surface area contributed by atoms with Crippen LogP contribution in [0.4, 0.5) is 5.95 Å². The quantitative estimate of drug-likeness (QED) is 0.763. The Morgan fingerprint density at radius 3 is 2.65 bits per heavy atom. The average molecular weight is 357 g/mol. The van der Waals surface area contributed by atoms with Crippen LogP contribution in [0.2, 0.25) is 0 Å². The molecule has 1 fully saturated rings. The third-order valence-corrected chi connectivity index (χ3v) is 5.10. The highest BCUT2D eigenvalue weighted by atomic mass is 15.3. The minimum absolute atomic E-state index is 0.736. The lowest BCUT2D eigenvalue weighted by molar-refractivity contribution is 0.310. The summed E-state index contributed by atoms with van der Waals surface area (Å²) in [6.07, 6.45) is 7.61. The fraction of sp³-hybridized carbons (Fsp3) is 0.650. The molecule has 1 unspecified atom stereocenters. The van der Waals surface area contributed by atoms with Gasteiger partial charge in [0.2, 0.25) is 5.95 Å². The fourth-order valence-corrected chi connectivity index (χ4v) is 3.75. The van der Waals surface area contributed by atoms with E-state index in [1.165, 1.54) is 24.1 Å². The zero-order chi connectivity index (χ0) is 18.5. The van der Waals surface area contributed by atoms with E-state index in [2.05, 4.69) is 56.5 Å². The zero-order valence-corrected chi connectivity index (χ0v) is 16.6. The summed E-state index contributed by atoms with van der Waals surface area (Å²) in [7, 11) is 2.15. The van der Waals surface area contributed by atoms with Crippen LogP contribution in [0.3, 0.4) is 0 Å². The van der Waals surface area contributed by atoms with Crippen LogP contribution in [-0.4, -0.2) is 51.3 Å². The van der Waals surface area contributed by atoms with Gasteiger partial charge in [0, 0.05) is 49.8 Å². The Bertz CT molecular complexity index is 693. The van der Waals surface area contributed by atoms with Gasteiger partial charge in [-0.05, 0) is 58.7 Å². The van der Waals surface area contributed by atoms with Crippen molar-refractivity contribution in [3.8, 4) is 0 Å². The SMILES string of the molecule is Cc1cc(C)n(CCCN(C)Cc2cnc(N3CCCC(C)C3)nc2)n1. The number of nitrogens with zero attached hydrogens (tertiary/aromatic N) is 6. The third-order valence-electron chi connectivity index (χ3n) is 5.10. The summed E-state index contributed by atoms with van der Waals surface area (Å²) >= 11 is 0. The molecule has 1 aliphatic rings. The Kier molecular flexibility index (Phi) is 6.25. The first-order valence-corrected chi connectivity index (χ1v) is 9.76. The minimum atomic E-state index is 0.736. The molecule has 0 bridgehead atoms. The zero-order valence-electron chi connectivity index (χ0n) is 16.6. The Labute approximate surface area is 157 Å². The lowest BCUT2D eigenvalue weighted by Crippen LogP contribution is -2.35. The standard InChI is InChI=1S/C20H32N6/c1-16-7-5-9-25(14-16)20-21-12-19(13-22-20)15-24(4)8-6-10-26-18(3)11-17(2)23-26/h11-13,16H,5-10,14-15H2,1-4H3. The predicted molar refractivity (Wildman–Crippen MR) is 105 cm³/mol. The second-order valence-electron chi connectivity index (χ2n) is 7.83. The molecule has 6 nitrogen and oxygen atoms in total. The van der Waals surface area contributed by atoms with Gasteiger partial charge >= 0.3 is 0 Å². The van der Waals surface area contributed by atoms with Crippen LogP contribution in [0.15, 0.2) is 18.5 Å². The molecule has 0 aliphatic carbocycles. The van der Waals surface area contributed by atoms with Crippen molar-refractivity contribution < 1.29 is 0 Å². The van der Waals surface area contributed by atoms with Gasteiger partial charge in [-0.3, -0.25) is 4.68 Å². The summed E-state index contributed by atoms with van der Waals surface area (Å²) in [5.41, 5.74) is 3.50. The van der Waals surface area contributed by atoms with Gasteiger partial charge < -0.3 is 9.80 Å². The van der Waals surface area contributed by atoms with Crippen LogP contribution in [-0.2, 0) is 13.1 Å². The van der Waals surface area contributed by atoms with Gasteiger partial charge in [0.15, 0.2) is 0 Å². The van der Waals surface area contributed by atoms with Crippen LogP contribution >= 0.6 is 0 Å². The normalized spacial score (nSPS) is 17.9. The van der Waals surface area contributed by atoms with Gasteiger partial charge in [-0.2, -0.15) is 5.10 Å². The van der Waals surface area contributed by atoms with Crippen LogP contribution in [0, 0.1) is 19.8 Å². The first kappa shape index (κ1) is 18.8. The number of rotatable bonds is 7. The topological polar surface area (TPSA) is 50.1 Å². The molecule has 1 aliphatic heterocycles. The molecule has 26 heavy (non-hydrogen) atoms. The summed E-state index contributed by atoms with van der Waals surface area (Å²) in [6.45, 7) is 11.5. The molecular formula is C20H32N6. The maximum Gasteiger partial charge on any atom is 0.225 e. The second kappa shape index (κ2) is 8.62. The lowest BCUT2D eigenvalue weighted by Gasteiger charge is -2.30. The van der Waals surface area contributed by atoms with Crippen LogP contribution in [0.1, 0.15) is 43.1 Å². The summed E-state index contributed by atoms with van der Waals surface area (Å²) in [4.78, 5) is 13.9. The molecule has 0 radical (unpaired) electrons. The molecule has 2 aromatic rings. The number of hydrogen-bond donors (Lipinski definition) is 0. The van der Waals surface area contributed by atoms with Crippen LogP contribution < -0.4 is 4.90 Å². The molecule has 6 heteroatoms. The molecule has 0 aromatic carbocycles. The Balaban J connectivity index is 1.45. The van der Waals surface area contributed by atoms with Gasteiger partial charge in [0.25, 0.3) is 0 Å². The van der Waals surface area contributed by atoms with Crippen molar-refractivity contribution in [1.82, 2.24) is 24.6 Å². The maximum atomic E-state index is 4.61. The van der Waals surface area contributed by atoms with Crippen molar-refractivity contribution in [3.05, 3.63) is 35.4 Å². The highest BCUT2D eigenvalue weighted by Crippen LogP contribution is 2.19. The maximum absolute atomic E-state index is 4.61. The summed E-state index contributed by atoms with van der Waals surface area (Å²) in [6, 6.07) is 2.13. The summed E-state index contributed by atoms with van der Waals surface area (Å²) < 4.78 is 2.10. The van der Waals surface area contributed by atoms with Crippen molar-refractivity contribution in [2.75, 3.05) is 31.6 Å². The molecule has 3 heterocycles. The average Bonchev–Trinajstić information content (AvgIpc) is 2.93. The van der Waals surface area contributed by atoms with E-state index in [9.17, 15) is 0 Å². The predicted octanol–water partition coefficient (Wildman–Crippen LogP) is 3.05. The van der Waals surface area contributed by atoms with Crippen molar-refractivity contribution in [2.24, 2.45) is 5.92 Å². The lowest BCUT2D eigenvalue weighted by atomic mass is 10.0. The molecule has 1 atom stereocenters. The first-order chi connectivity index (χ1) is 12.5. The molecule has 142 valence electrons. The first-order valence-electron chi connectivity index (χ1n) is 9.76. The number of aryl methyl sites for hydroxylation is 3. The van der Waals surface area contributed by atoms with E-state index in [-0.39, 0.29) is 0 Å². The fourth-order valence-electron chi connectivity index (χ4n) is 3.75. The van der Waals surface area contributed by atoms with E-state index < -0.39 is 0 Å². The minimum Gasteiger partial charge on any atom is -0.341 e. The van der Waals surface area contributed by atoms with Crippen LogP contribution in [0.5, 0.6) is 0 Å². The monoisotopic (exact) mass is 356 g/mol. The molecule has 0 N–H and O–H groups in total. The number of anilines is 1. The molecule has 0 saturated carbocycles. The third kappa shape index (κ3) is 5.04. The molecule has 0 amide bonds. The summed E-state index contributed by atoms with van der Waals surface area (Å²) in [5, 5.41) is 4.52. The van der Waals surface area contributed by atoms with Crippen molar-refractivity contribution in [3.63, 3.8) is 0 Å². The highest BCUT2D eigenvalue weighted by molar-refractivity contribution is 5.30. The van der Waals surface area contributed by atoms with Gasteiger partial charge in [-0.15, -0.1) is 0 Å². The van der Waals surface area contributed by atoms with E-state index in [1.54, 1.807) is 0 Å². The van der Waals surface area contributed by atoms with E-state index in [1.807, 2.05) is 19.3 Å². The van der Waals surface area contributed by atoms with E-state index in [0.29, 0.717) is 0 Å². The molecule has 3 rings (SSSR count). The Hall–Kier alpha value is -1.95. The number of aromatic nitrogens is 4. The molecule has 2 aromatic heterocycles.